The van der Waals surface area contributed by atoms with Crippen LogP contribution in [0.4, 0.5) is 11.4 Å². The smallest absolute Gasteiger partial charge is 0.284 e. The summed E-state index contributed by atoms with van der Waals surface area (Å²) in [6.45, 7) is 16.2. The number of nitro benzene ring substituents is 1. The second-order valence-corrected chi connectivity index (χ2v) is 24.9. The summed E-state index contributed by atoms with van der Waals surface area (Å²) < 4.78 is 12.2. The van der Waals surface area contributed by atoms with Crippen LogP contribution in [0.1, 0.15) is 147 Å². The van der Waals surface area contributed by atoms with Gasteiger partial charge in [0, 0.05) is 102 Å². The first-order valence-electron chi connectivity index (χ1n) is 31.4. The minimum absolute atomic E-state index is 0.0142. The van der Waals surface area contributed by atoms with Crippen LogP contribution in [0.25, 0.3) is 0 Å². The summed E-state index contributed by atoms with van der Waals surface area (Å²) >= 11 is 0. The van der Waals surface area contributed by atoms with Crippen LogP contribution in [0, 0.1) is 45.6 Å². The predicted molar refractivity (Wildman–Crippen MR) is 344 cm³/mol. The molecule has 3 aromatic carbocycles. The van der Waals surface area contributed by atoms with E-state index < -0.39 is 64.5 Å². The van der Waals surface area contributed by atoms with Crippen molar-refractivity contribution in [1.29, 1.82) is 0 Å². The molecule has 3 N–H and O–H groups in total. The highest BCUT2D eigenvalue weighted by molar-refractivity contribution is 6.13. The Morgan fingerprint density at radius 3 is 2.06 bits per heavy atom. The summed E-state index contributed by atoms with van der Waals surface area (Å²) in [5, 5.41) is 21.9. The van der Waals surface area contributed by atoms with E-state index in [-0.39, 0.29) is 121 Å². The van der Waals surface area contributed by atoms with Gasteiger partial charge in [0.2, 0.25) is 23.6 Å². The normalized spacial score (nSPS) is 17.0. The molecule has 22 heteroatoms. The van der Waals surface area contributed by atoms with Gasteiger partial charge in [0.1, 0.15) is 11.3 Å². The number of ketones is 2. The van der Waals surface area contributed by atoms with Crippen molar-refractivity contribution in [2.45, 2.75) is 163 Å². The maximum Gasteiger partial charge on any atom is 0.284 e. The third-order valence-electron chi connectivity index (χ3n) is 17.6. The van der Waals surface area contributed by atoms with Crippen molar-refractivity contribution in [3.63, 3.8) is 0 Å². The Hall–Kier alpha value is -7.82. The fraction of sp³-hybridized carbons (Fsp3) is 0.559. The zero-order chi connectivity index (χ0) is 66.5. The van der Waals surface area contributed by atoms with Crippen LogP contribution >= 0.6 is 0 Å². The number of carbonyl (C=O) groups is 9. The number of nitrogens with one attached hydrogen (secondary N) is 3. The number of likely N-dealkylation sites (N-methyl/N-ethyl adjacent to an activating group) is 2. The second-order valence-electron chi connectivity index (χ2n) is 24.9. The zero-order valence-corrected chi connectivity index (χ0v) is 54.8. The molecule has 22 nitrogen and oxygen atoms in total. The summed E-state index contributed by atoms with van der Waals surface area (Å²) in [6.07, 6.45) is 4.94. The number of benzene rings is 3. The Balaban J connectivity index is 1.19. The number of ether oxygens (including phenoxy) is 2. The number of unbranched alkanes of at least 4 members (excludes halogenated alkanes) is 2. The van der Waals surface area contributed by atoms with Crippen LogP contribution in [-0.2, 0) is 60.8 Å². The van der Waals surface area contributed by atoms with Crippen LogP contribution in [0.3, 0.4) is 0 Å². The lowest BCUT2D eigenvalue weighted by atomic mass is 9.83. The largest absolute Gasteiger partial charge is 0.379 e. The summed E-state index contributed by atoms with van der Waals surface area (Å²) in [6, 6.07) is 18.9. The Bertz CT molecular complexity index is 3030. The lowest BCUT2D eigenvalue weighted by Crippen LogP contribution is -2.54. The third-order valence-corrected chi connectivity index (χ3v) is 17.6. The second kappa shape index (κ2) is 35.0. The van der Waals surface area contributed by atoms with Crippen LogP contribution < -0.4 is 16.1 Å². The molecule has 7 amide bonds. The van der Waals surface area contributed by atoms with E-state index in [4.69, 9.17) is 9.47 Å². The van der Waals surface area contributed by atoms with E-state index in [1.807, 2.05) is 90.9 Å². The molecule has 0 radical (unpaired) electrons. The predicted octanol–water partition coefficient (Wildman–Crippen LogP) is 8.34. The van der Waals surface area contributed by atoms with Gasteiger partial charge in [-0.05, 0) is 99.7 Å². The number of nitrogens with zero attached hydrogens (tertiary/aromatic N) is 6. The number of hydrogen-bond donors (Lipinski definition) is 3. The van der Waals surface area contributed by atoms with Crippen molar-refractivity contribution in [3.8, 4) is 0 Å². The van der Waals surface area contributed by atoms with E-state index in [9.17, 15) is 53.3 Å². The molecule has 490 valence electrons. The molecular weight excluding hydrogens is 1150 g/mol. The van der Waals surface area contributed by atoms with Gasteiger partial charge in [-0.1, -0.05) is 116 Å². The molecular formula is C68H95N9O13. The van der Waals surface area contributed by atoms with Gasteiger partial charge in [-0.15, -0.1) is 0 Å². The monoisotopic (exact) mass is 1250 g/mol. The maximum atomic E-state index is 14.6. The number of imide groups is 1. The number of hydrazone groups is 1. The number of likely N-dealkylation sites (tertiary alicyclic amines) is 1. The summed E-state index contributed by atoms with van der Waals surface area (Å²) in [7, 11) is 8.59. The molecule has 0 aromatic heterocycles. The van der Waals surface area contributed by atoms with Gasteiger partial charge in [-0.3, -0.25) is 63.1 Å². The Morgan fingerprint density at radius 2 is 1.47 bits per heavy atom. The molecule has 1 saturated heterocycles. The van der Waals surface area contributed by atoms with E-state index in [0.29, 0.717) is 56.3 Å². The minimum atomic E-state index is -0.852. The molecule has 3 aromatic rings. The van der Waals surface area contributed by atoms with E-state index in [0.717, 1.165) is 22.1 Å². The number of rotatable bonds is 36. The number of Topliss-reactive ketones (excluding diaryl/α,β-unsaturated/α-hetero) is 2. The minimum Gasteiger partial charge on any atom is -0.379 e. The van der Waals surface area contributed by atoms with Crippen molar-refractivity contribution in [2.75, 3.05) is 53.8 Å². The highest BCUT2D eigenvalue weighted by Crippen LogP contribution is 2.33. The molecule has 0 aliphatic carbocycles. The van der Waals surface area contributed by atoms with Gasteiger partial charge in [-0.2, -0.15) is 5.10 Å². The summed E-state index contributed by atoms with van der Waals surface area (Å²) in [4.78, 5) is 139. The SMILES string of the molecule is CC[C@H](C)[C@@H]([C@@H](CC(=O)N1CCC[C@H]1[C@H](OC)[C@@H](C)C(=O)C[C@@H](Cc1ccccc1)C(=O)NCc1ccc(/C(C)=N/NC(=O)c2ccc(NC(=O)CCCCCN3C(=O)C=CC3=O)cc2[N+](=O)[O-])cc1)OC)N(C)C(=O)[C@@H](CC(=O)[C@H](C(C)C)N(C)C)C(C)C. The van der Waals surface area contributed by atoms with Crippen LogP contribution in [0.5, 0.6) is 0 Å². The van der Waals surface area contributed by atoms with Crippen molar-refractivity contribution in [3.05, 3.63) is 117 Å². The number of nitro groups is 1. The highest BCUT2D eigenvalue weighted by Gasteiger charge is 2.44. The molecule has 90 heavy (non-hydrogen) atoms. The fourth-order valence-electron chi connectivity index (χ4n) is 12.4. The Kier molecular flexibility index (Phi) is 28.3. The first kappa shape index (κ1) is 72.9. The van der Waals surface area contributed by atoms with Crippen LogP contribution in [0.2, 0.25) is 0 Å². The number of methoxy groups -OCH3 is 2. The zero-order valence-electron chi connectivity index (χ0n) is 54.8. The van der Waals surface area contributed by atoms with Crippen molar-refractivity contribution in [2.24, 2.45) is 40.6 Å². The molecule has 0 saturated carbocycles. The number of hydrogen-bond acceptors (Lipinski definition) is 15. The molecule has 5 rings (SSSR count). The topological polar surface area (TPSA) is 277 Å². The standard InChI is InChI=1S/C68H95N9O13/c1-14-44(6)64(74(11)68(86)53(42(2)3)39-57(79)63(43(4)5)73(9)10)58(89-12)40-62(83)75-35-21-24-54(75)65(90-13)45(7)56(78)37-50(36-47-22-17-15-18-23-47)66(84)69-41-48-26-28-49(29-27-48)46(8)71-72-67(85)52-31-30-51(38-55(52)77(87)88)70-59(80)25-19-16-20-34-76-60(81)32-33-61(76)82/h15,17-18,22-23,26-33,38,42-45,50,53-54,58,63-65H,14,16,19-21,24-25,34-37,39-41H2,1-13H3,(H,69,84)(H,70,80)(H,72,85)/b71-46+/t44-,45-,50+,53-,54-,58+,63-,64-,65+/m0/s1. The third kappa shape index (κ3) is 20.1. The maximum absolute atomic E-state index is 14.6. The van der Waals surface area contributed by atoms with Gasteiger partial charge in [-0.25, -0.2) is 5.43 Å². The quantitative estimate of drug-likeness (QED) is 0.0162. The fourth-order valence-corrected chi connectivity index (χ4v) is 12.4. The van der Waals surface area contributed by atoms with Gasteiger partial charge >= 0.3 is 0 Å². The molecule has 0 bridgehead atoms. The van der Waals surface area contributed by atoms with Gasteiger partial charge in [0.25, 0.3) is 23.4 Å². The Labute approximate surface area is 530 Å². The molecule has 2 heterocycles. The summed E-state index contributed by atoms with van der Waals surface area (Å²) in [5.74, 6) is -4.99. The van der Waals surface area contributed by atoms with Crippen molar-refractivity contribution >= 4 is 70.0 Å². The summed E-state index contributed by atoms with van der Waals surface area (Å²) in [5.41, 5.74) is 4.26. The number of carbonyl (C=O) groups excluding carboxylic acids is 9. The average molecular weight is 1250 g/mol. The van der Waals surface area contributed by atoms with Gasteiger partial charge < -0.3 is 29.9 Å². The number of anilines is 1. The van der Waals surface area contributed by atoms with E-state index in [1.165, 1.54) is 31.4 Å². The molecule has 2 aliphatic rings. The molecule has 1 fully saturated rings. The van der Waals surface area contributed by atoms with Crippen molar-refractivity contribution in [1.82, 2.24) is 30.3 Å². The number of amides is 7. The first-order valence-corrected chi connectivity index (χ1v) is 31.4. The lowest BCUT2D eigenvalue weighted by molar-refractivity contribution is -0.385. The van der Waals surface area contributed by atoms with E-state index >= 15 is 0 Å². The Morgan fingerprint density at radius 1 is 0.800 bits per heavy atom. The van der Waals surface area contributed by atoms with Crippen molar-refractivity contribution < 1.29 is 57.5 Å². The first-order chi connectivity index (χ1) is 42.7. The van der Waals surface area contributed by atoms with Gasteiger partial charge in [0.15, 0.2) is 5.78 Å². The van der Waals surface area contributed by atoms with E-state index in [1.54, 1.807) is 62.1 Å². The average Bonchev–Trinajstić information content (AvgIpc) is 1.44. The van der Waals surface area contributed by atoms with Crippen LogP contribution in [-0.4, -0.2) is 162 Å². The molecule has 2 aliphatic heterocycles. The lowest BCUT2D eigenvalue weighted by Gasteiger charge is -2.41. The molecule has 0 spiro atoms. The van der Waals surface area contributed by atoms with E-state index in [2.05, 4.69) is 21.2 Å². The van der Waals surface area contributed by atoms with Crippen LogP contribution in [0.15, 0.2) is 90.0 Å². The molecule has 9 atom stereocenters. The highest BCUT2D eigenvalue weighted by atomic mass is 16.6. The molecule has 0 unspecified atom stereocenters. The van der Waals surface area contributed by atoms with Gasteiger partial charge in [0.05, 0.1) is 47.4 Å².